The van der Waals surface area contributed by atoms with Crippen LogP contribution >= 0.6 is 0 Å². The number of ether oxygens (including phenoxy) is 3. The van der Waals surface area contributed by atoms with Crippen molar-refractivity contribution in [3.8, 4) is 0 Å². The molecule has 0 rings (SSSR count). The van der Waals surface area contributed by atoms with E-state index in [1.165, 1.54) is 83.5 Å². The van der Waals surface area contributed by atoms with Crippen LogP contribution in [0.25, 0.3) is 0 Å². The molecule has 6 nitrogen and oxygen atoms in total. The number of rotatable bonds is 42. The van der Waals surface area contributed by atoms with Crippen molar-refractivity contribution in [2.75, 3.05) is 13.2 Å². The summed E-state index contributed by atoms with van der Waals surface area (Å²) in [5, 5.41) is 0. The fraction of sp³-hybridized carbons (Fsp3) is 0.712. The minimum absolute atomic E-state index is 0.0878. The SMILES string of the molecule is CC/C=C\C/C=C\C/C=C\C/C=C\C/C=C\C/C=C\CCCCC(=O)OCC(COC(=O)CCCCCCCCC)OC(=O)CCCCCCCCCCCCCC. The van der Waals surface area contributed by atoms with Crippen molar-refractivity contribution in [1.29, 1.82) is 0 Å². The highest BCUT2D eigenvalue weighted by Gasteiger charge is 2.19. The summed E-state index contributed by atoms with van der Waals surface area (Å²) in [4.78, 5) is 37.6. The van der Waals surface area contributed by atoms with Gasteiger partial charge in [-0.3, -0.25) is 14.4 Å². The van der Waals surface area contributed by atoms with E-state index in [0.717, 1.165) is 96.3 Å². The van der Waals surface area contributed by atoms with Gasteiger partial charge in [-0.05, 0) is 70.6 Å². The van der Waals surface area contributed by atoms with E-state index in [4.69, 9.17) is 14.2 Å². The molecule has 1 atom stereocenters. The highest BCUT2D eigenvalue weighted by molar-refractivity contribution is 5.71. The van der Waals surface area contributed by atoms with Gasteiger partial charge in [-0.1, -0.05) is 203 Å². The van der Waals surface area contributed by atoms with E-state index in [-0.39, 0.29) is 31.1 Å². The fourth-order valence-corrected chi connectivity index (χ4v) is 6.38. The smallest absolute Gasteiger partial charge is 0.306 e. The topological polar surface area (TPSA) is 78.9 Å². The molecule has 58 heavy (non-hydrogen) atoms. The Kier molecular flexibility index (Phi) is 44.0. The first-order valence-electron chi connectivity index (χ1n) is 23.9. The first-order chi connectivity index (χ1) is 28.5. The average molecular weight is 809 g/mol. The standard InChI is InChI=1S/C52H88O6/c1-4-7-10-13-16-18-20-22-23-24-25-26-27-28-29-30-32-33-36-39-42-45-51(54)57-48-49(47-56-50(53)44-41-38-35-15-12-9-6-3)58-52(55)46-43-40-37-34-31-21-19-17-14-11-8-5-2/h7,10,16,18,22-23,25-26,28-29,32-33,49H,4-6,8-9,11-15,17,19-21,24,27,30-31,34-48H2,1-3H3/b10-7-,18-16-,23-22-,26-25-,29-28-,33-32-. The second-order valence-electron chi connectivity index (χ2n) is 15.6. The molecule has 0 radical (unpaired) electrons. The molecule has 0 aliphatic rings. The van der Waals surface area contributed by atoms with E-state index in [0.29, 0.717) is 19.3 Å². The Bertz CT molecular complexity index is 1110. The predicted octanol–water partition coefficient (Wildman–Crippen LogP) is 15.5. The fourth-order valence-electron chi connectivity index (χ4n) is 6.38. The van der Waals surface area contributed by atoms with E-state index in [9.17, 15) is 14.4 Å². The maximum Gasteiger partial charge on any atom is 0.306 e. The second-order valence-corrected chi connectivity index (χ2v) is 15.6. The van der Waals surface area contributed by atoms with Crippen molar-refractivity contribution < 1.29 is 28.6 Å². The molecule has 0 heterocycles. The van der Waals surface area contributed by atoms with Gasteiger partial charge in [-0.2, -0.15) is 0 Å². The van der Waals surface area contributed by atoms with E-state index in [1.807, 2.05) is 0 Å². The van der Waals surface area contributed by atoms with Gasteiger partial charge >= 0.3 is 17.9 Å². The monoisotopic (exact) mass is 809 g/mol. The van der Waals surface area contributed by atoms with Gasteiger partial charge in [-0.15, -0.1) is 0 Å². The lowest BCUT2D eigenvalue weighted by Crippen LogP contribution is -2.30. The molecule has 332 valence electrons. The van der Waals surface area contributed by atoms with E-state index < -0.39 is 6.10 Å². The van der Waals surface area contributed by atoms with E-state index in [1.54, 1.807) is 0 Å². The molecular weight excluding hydrogens is 721 g/mol. The van der Waals surface area contributed by atoms with Gasteiger partial charge in [0, 0.05) is 19.3 Å². The molecule has 0 saturated carbocycles. The summed E-state index contributed by atoms with van der Waals surface area (Å²) in [7, 11) is 0. The third kappa shape index (κ3) is 44.0. The van der Waals surface area contributed by atoms with Gasteiger partial charge in [0.15, 0.2) is 6.10 Å². The van der Waals surface area contributed by atoms with Crippen LogP contribution in [-0.4, -0.2) is 37.2 Å². The molecule has 0 bridgehead atoms. The molecule has 0 aromatic heterocycles. The van der Waals surface area contributed by atoms with Crippen molar-refractivity contribution >= 4 is 17.9 Å². The van der Waals surface area contributed by atoms with E-state index >= 15 is 0 Å². The average Bonchev–Trinajstić information content (AvgIpc) is 3.22. The van der Waals surface area contributed by atoms with Crippen molar-refractivity contribution in [2.24, 2.45) is 0 Å². The Hall–Kier alpha value is -3.15. The predicted molar refractivity (Wildman–Crippen MR) is 247 cm³/mol. The maximum atomic E-state index is 12.7. The van der Waals surface area contributed by atoms with Crippen LogP contribution in [0.1, 0.15) is 220 Å². The lowest BCUT2D eigenvalue weighted by atomic mass is 10.0. The zero-order valence-corrected chi connectivity index (χ0v) is 37.8. The number of unbranched alkanes of at least 4 members (excludes halogenated alkanes) is 19. The molecule has 0 aromatic rings. The first-order valence-corrected chi connectivity index (χ1v) is 23.9. The molecule has 0 aliphatic heterocycles. The number of esters is 3. The summed E-state index contributed by atoms with van der Waals surface area (Å²) in [5.74, 6) is -0.942. The summed E-state index contributed by atoms with van der Waals surface area (Å²) in [6.07, 6.45) is 57.6. The van der Waals surface area contributed by atoms with E-state index in [2.05, 4.69) is 93.7 Å². The molecule has 0 aliphatic carbocycles. The van der Waals surface area contributed by atoms with Crippen molar-refractivity contribution in [3.05, 3.63) is 72.9 Å². The lowest BCUT2D eigenvalue weighted by Gasteiger charge is -2.18. The Morgan fingerprint density at radius 2 is 0.672 bits per heavy atom. The van der Waals surface area contributed by atoms with Gasteiger partial charge in [0.1, 0.15) is 13.2 Å². The number of carbonyl (C=O) groups excluding carboxylic acids is 3. The molecule has 0 amide bonds. The van der Waals surface area contributed by atoms with Gasteiger partial charge < -0.3 is 14.2 Å². The molecule has 0 spiro atoms. The van der Waals surface area contributed by atoms with Gasteiger partial charge in [0.05, 0.1) is 0 Å². The first kappa shape index (κ1) is 54.9. The highest BCUT2D eigenvalue weighted by Crippen LogP contribution is 2.14. The largest absolute Gasteiger partial charge is 0.462 e. The zero-order chi connectivity index (χ0) is 42.3. The van der Waals surface area contributed by atoms with Crippen LogP contribution < -0.4 is 0 Å². The van der Waals surface area contributed by atoms with Crippen LogP contribution in [0.3, 0.4) is 0 Å². The van der Waals surface area contributed by atoms with Crippen LogP contribution in [-0.2, 0) is 28.6 Å². The minimum Gasteiger partial charge on any atom is -0.462 e. The summed E-state index contributed by atoms with van der Waals surface area (Å²) in [6.45, 7) is 6.43. The second kappa shape index (κ2) is 46.5. The van der Waals surface area contributed by atoms with Crippen LogP contribution in [0.2, 0.25) is 0 Å². The van der Waals surface area contributed by atoms with Crippen LogP contribution in [0, 0.1) is 0 Å². The summed E-state index contributed by atoms with van der Waals surface area (Å²) >= 11 is 0. The quantitative estimate of drug-likeness (QED) is 0.0264. The van der Waals surface area contributed by atoms with Crippen molar-refractivity contribution in [2.45, 2.75) is 226 Å². The summed E-state index contributed by atoms with van der Waals surface area (Å²) in [6, 6.07) is 0. The number of allylic oxidation sites excluding steroid dienone is 12. The van der Waals surface area contributed by atoms with Gasteiger partial charge in [-0.25, -0.2) is 0 Å². The molecule has 0 saturated heterocycles. The number of hydrogen-bond acceptors (Lipinski definition) is 6. The van der Waals surface area contributed by atoms with Gasteiger partial charge in [0.25, 0.3) is 0 Å². The Morgan fingerprint density at radius 3 is 1.05 bits per heavy atom. The molecule has 6 heteroatoms. The normalized spacial score (nSPS) is 12.7. The van der Waals surface area contributed by atoms with Crippen LogP contribution in [0.5, 0.6) is 0 Å². The summed E-state index contributed by atoms with van der Waals surface area (Å²) < 4.78 is 16.6. The summed E-state index contributed by atoms with van der Waals surface area (Å²) in [5.41, 5.74) is 0. The zero-order valence-electron chi connectivity index (χ0n) is 37.8. The van der Waals surface area contributed by atoms with Crippen LogP contribution in [0.15, 0.2) is 72.9 Å². The molecule has 0 aromatic carbocycles. The number of hydrogen-bond donors (Lipinski definition) is 0. The third-order valence-electron chi connectivity index (χ3n) is 9.98. The lowest BCUT2D eigenvalue weighted by molar-refractivity contribution is -0.167. The Labute approximate surface area is 357 Å². The Balaban J connectivity index is 4.34. The third-order valence-corrected chi connectivity index (χ3v) is 9.98. The van der Waals surface area contributed by atoms with Crippen LogP contribution in [0.4, 0.5) is 0 Å². The molecular formula is C52H88O6. The minimum atomic E-state index is -0.786. The number of carbonyl (C=O) groups is 3. The van der Waals surface area contributed by atoms with Gasteiger partial charge in [0.2, 0.25) is 0 Å². The van der Waals surface area contributed by atoms with Crippen molar-refractivity contribution in [1.82, 2.24) is 0 Å². The maximum absolute atomic E-state index is 12.7. The highest BCUT2D eigenvalue weighted by atomic mass is 16.6. The van der Waals surface area contributed by atoms with Crippen molar-refractivity contribution in [3.63, 3.8) is 0 Å². The molecule has 0 fully saturated rings. The Morgan fingerprint density at radius 1 is 0.362 bits per heavy atom. The molecule has 1 unspecified atom stereocenters. The molecule has 0 N–H and O–H groups in total.